The molecule has 178 valence electrons. The van der Waals surface area contributed by atoms with Gasteiger partial charge in [-0.25, -0.2) is 14.6 Å². The molecule has 11 heteroatoms. The Morgan fingerprint density at radius 2 is 1.88 bits per heavy atom. The SMILES string of the molecule is CCOC(=O)c1nc(C2(OCCO)CCN(C(=O)OCc3ccccc3)CC2)[nH]c(=O)c1O. The summed E-state index contributed by atoms with van der Waals surface area (Å²) >= 11 is 0. The third-order valence-electron chi connectivity index (χ3n) is 5.30. The molecule has 1 aromatic carbocycles. The number of carbonyl (C=O) groups is 2. The van der Waals surface area contributed by atoms with E-state index in [1.165, 1.54) is 4.90 Å². The molecule has 0 spiro atoms. The van der Waals surface area contributed by atoms with E-state index >= 15 is 0 Å². The van der Waals surface area contributed by atoms with E-state index in [-0.39, 0.29) is 58.2 Å². The highest BCUT2D eigenvalue weighted by Crippen LogP contribution is 2.35. The maximum absolute atomic E-state index is 12.5. The number of aromatic nitrogens is 2. The number of nitrogens with one attached hydrogen (secondary N) is 1. The van der Waals surface area contributed by atoms with E-state index in [4.69, 9.17) is 14.2 Å². The molecule has 1 amide bonds. The number of ether oxygens (including phenoxy) is 3. The fourth-order valence-corrected chi connectivity index (χ4v) is 3.58. The van der Waals surface area contributed by atoms with E-state index in [2.05, 4.69) is 9.97 Å². The summed E-state index contributed by atoms with van der Waals surface area (Å²) in [7, 11) is 0. The van der Waals surface area contributed by atoms with Crippen LogP contribution in [-0.4, -0.2) is 70.1 Å². The summed E-state index contributed by atoms with van der Waals surface area (Å²) in [5, 5.41) is 19.3. The fraction of sp³-hybridized carbons (Fsp3) is 0.455. The first-order valence-electron chi connectivity index (χ1n) is 10.6. The normalized spacial score (nSPS) is 15.2. The molecule has 0 unspecified atom stereocenters. The van der Waals surface area contributed by atoms with E-state index in [9.17, 15) is 24.6 Å². The minimum atomic E-state index is -1.19. The largest absolute Gasteiger partial charge is 0.501 e. The molecule has 3 rings (SSSR count). The van der Waals surface area contributed by atoms with Crippen molar-refractivity contribution in [2.45, 2.75) is 32.0 Å². The van der Waals surface area contributed by atoms with Crippen LogP contribution in [0.1, 0.15) is 41.6 Å². The number of aromatic amines is 1. The van der Waals surface area contributed by atoms with Gasteiger partial charge in [-0.15, -0.1) is 0 Å². The Morgan fingerprint density at radius 1 is 1.18 bits per heavy atom. The van der Waals surface area contributed by atoms with Gasteiger partial charge in [-0.1, -0.05) is 30.3 Å². The zero-order valence-corrected chi connectivity index (χ0v) is 18.3. The van der Waals surface area contributed by atoms with Gasteiger partial charge in [0.25, 0.3) is 5.56 Å². The van der Waals surface area contributed by atoms with Crippen molar-refractivity contribution in [2.24, 2.45) is 0 Å². The quantitative estimate of drug-likeness (QED) is 0.494. The number of aliphatic hydroxyl groups excluding tert-OH is 1. The number of nitrogens with zero attached hydrogens (tertiary/aromatic N) is 2. The van der Waals surface area contributed by atoms with Crippen molar-refractivity contribution in [1.29, 1.82) is 0 Å². The zero-order valence-electron chi connectivity index (χ0n) is 18.3. The second-order valence-electron chi connectivity index (χ2n) is 7.43. The first kappa shape index (κ1) is 24.2. The molecule has 1 aliphatic rings. The summed E-state index contributed by atoms with van der Waals surface area (Å²) in [4.78, 5) is 45.0. The molecule has 1 aliphatic heterocycles. The summed E-state index contributed by atoms with van der Waals surface area (Å²) in [6.45, 7) is 1.86. The van der Waals surface area contributed by atoms with Gasteiger partial charge in [-0.2, -0.15) is 0 Å². The monoisotopic (exact) mass is 461 g/mol. The predicted molar refractivity (Wildman–Crippen MR) is 115 cm³/mol. The molecule has 1 saturated heterocycles. The molecule has 3 N–H and O–H groups in total. The molecule has 0 saturated carbocycles. The molecule has 2 heterocycles. The average Bonchev–Trinajstić information content (AvgIpc) is 2.84. The highest BCUT2D eigenvalue weighted by Gasteiger charge is 2.42. The Morgan fingerprint density at radius 3 is 2.52 bits per heavy atom. The number of benzene rings is 1. The Kier molecular flexibility index (Phi) is 8.01. The van der Waals surface area contributed by atoms with Crippen molar-refractivity contribution in [3.63, 3.8) is 0 Å². The van der Waals surface area contributed by atoms with Crippen LogP contribution in [0.2, 0.25) is 0 Å². The Balaban J connectivity index is 1.77. The van der Waals surface area contributed by atoms with Gasteiger partial charge in [-0.05, 0) is 12.5 Å². The number of hydrogen-bond acceptors (Lipinski definition) is 9. The van der Waals surface area contributed by atoms with Gasteiger partial charge in [0.15, 0.2) is 5.69 Å². The molecule has 0 atom stereocenters. The van der Waals surface area contributed by atoms with Gasteiger partial charge >= 0.3 is 12.1 Å². The molecule has 1 fully saturated rings. The number of esters is 1. The lowest BCUT2D eigenvalue weighted by Gasteiger charge is -2.40. The fourth-order valence-electron chi connectivity index (χ4n) is 3.58. The standard InChI is InChI=1S/C22H27N3O8/c1-2-31-19(29)16-17(27)18(28)24-20(23-16)22(33-13-12-26)8-10-25(11-9-22)21(30)32-14-15-6-4-3-5-7-15/h3-7,26-27H,2,8-14H2,1H3,(H,23,24,28). The zero-order chi connectivity index (χ0) is 23.8. The summed E-state index contributed by atoms with van der Waals surface area (Å²) < 4.78 is 16.1. The molecular weight excluding hydrogens is 434 g/mol. The third-order valence-corrected chi connectivity index (χ3v) is 5.30. The molecule has 2 aromatic rings. The first-order chi connectivity index (χ1) is 15.9. The molecule has 11 nitrogen and oxygen atoms in total. The smallest absolute Gasteiger partial charge is 0.410 e. The summed E-state index contributed by atoms with van der Waals surface area (Å²) in [5.41, 5.74) is -1.76. The van der Waals surface area contributed by atoms with E-state index in [0.29, 0.717) is 0 Å². The van der Waals surface area contributed by atoms with Gasteiger partial charge < -0.3 is 34.3 Å². The lowest BCUT2D eigenvalue weighted by atomic mass is 9.90. The molecule has 0 aliphatic carbocycles. The Hall–Kier alpha value is -3.44. The van der Waals surface area contributed by atoms with Crippen molar-refractivity contribution < 1.29 is 34.0 Å². The van der Waals surface area contributed by atoms with Gasteiger partial charge in [0.05, 0.1) is 19.8 Å². The van der Waals surface area contributed by atoms with Gasteiger partial charge in [0, 0.05) is 25.9 Å². The van der Waals surface area contributed by atoms with E-state index in [0.717, 1.165) is 5.56 Å². The maximum Gasteiger partial charge on any atom is 0.410 e. The van der Waals surface area contributed by atoms with Crippen LogP contribution < -0.4 is 5.56 Å². The number of hydrogen-bond donors (Lipinski definition) is 3. The lowest BCUT2D eigenvalue weighted by Crippen LogP contribution is -2.48. The van der Waals surface area contributed by atoms with Crippen LogP contribution in [0.4, 0.5) is 4.79 Å². The minimum Gasteiger partial charge on any atom is -0.501 e. The van der Waals surface area contributed by atoms with Crippen LogP contribution >= 0.6 is 0 Å². The second kappa shape index (κ2) is 10.9. The Bertz CT molecular complexity index is 1020. The highest BCUT2D eigenvalue weighted by molar-refractivity contribution is 5.89. The van der Waals surface area contributed by atoms with Crippen molar-refractivity contribution in [3.05, 3.63) is 57.8 Å². The second-order valence-corrected chi connectivity index (χ2v) is 7.43. The number of likely N-dealkylation sites (tertiary alicyclic amines) is 1. The maximum atomic E-state index is 12.5. The van der Waals surface area contributed by atoms with Gasteiger partial charge in [0.2, 0.25) is 5.75 Å². The number of rotatable bonds is 8. The van der Waals surface area contributed by atoms with Crippen LogP contribution in [0.25, 0.3) is 0 Å². The summed E-state index contributed by atoms with van der Waals surface area (Å²) in [6.07, 6.45) is -0.0682. The highest BCUT2D eigenvalue weighted by atomic mass is 16.6. The minimum absolute atomic E-state index is 0.0131. The van der Waals surface area contributed by atoms with Crippen LogP contribution in [0, 0.1) is 0 Å². The van der Waals surface area contributed by atoms with Crippen LogP contribution in [0.5, 0.6) is 5.75 Å². The number of carbonyl (C=O) groups excluding carboxylic acids is 2. The Labute approximate surface area is 189 Å². The van der Waals surface area contributed by atoms with Gasteiger partial charge in [0.1, 0.15) is 18.0 Å². The van der Waals surface area contributed by atoms with Crippen molar-refractivity contribution in [2.75, 3.05) is 32.9 Å². The topological polar surface area (TPSA) is 151 Å². The number of piperidine rings is 1. The van der Waals surface area contributed by atoms with Gasteiger partial charge in [-0.3, -0.25) is 4.79 Å². The predicted octanol–water partition coefficient (Wildman–Crippen LogP) is 1.29. The van der Waals surface area contributed by atoms with E-state index in [1.54, 1.807) is 6.92 Å². The molecule has 1 aromatic heterocycles. The molecule has 0 radical (unpaired) electrons. The number of aromatic hydroxyl groups is 1. The lowest BCUT2D eigenvalue weighted by molar-refractivity contribution is -0.102. The molecule has 0 bridgehead atoms. The van der Waals surface area contributed by atoms with Crippen molar-refractivity contribution in [1.82, 2.24) is 14.9 Å². The summed E-state index contributed by atoms with van der Waals surface area (Å²) in [5.74, 6) is -1.78. The van der Waals surface area contributed by atoms with Crippen LogP contribution in [0.15, 0.2) is 35.1 Å². The number of aliphatic hydroxyl groups is 1. The van der Waals surface area contributed by atoms with Crippen molar-refractivity contribution >= 4 is 12.1 Å². The van der Waals surface area contributed by atoms with Crippen molar-refractivity contribution in [3.8, 4) is 5.75 Å². The first-order valence-corrected chi connectivity index (χ1v) is 10.6. The average molecular weight is 461 g/mol. The van der Waals surface area contributed by atoms with Crippen LogP contribution in [0.3, 0.4) is 0 Å². The number of H-pyrrole nitrogens is 1. The third kappa shape index (κ3) is 5.68. The number of amides is 1. The molecule has 33 heavy (non-hydrogen) atoms. The van der Waals surface area contributed by atoms with Crippen LogP contribution in [-0.2, 0) is 26.4 Å². The van der Waals surface area contributed by atoms with E-state index in [1.807, 2.05) is 30.3 Å². The molecular formula is C22H27N3O8. The summed E-state index contributed by atoms with van der Waals surface area (Å²) in [6, 6.07) is 9.28. The van der Waals surface area contributed by atoms with E-state index < -0.39 is 34.7 Å².